The van der Waals surface area contributed by atoms with E-state index in [1.165, 1.54) is 11.3 Å². The minimum atomic E-state index is -0.779. The molecule has 3 aliphatic heterocycles. The maximum atomic E-state index is 14.5. The number of carbonyl (C=O) groups is 3. The number of hydrogen-bond acceptors (Lipinski definition) is 10. The zero-order valence-corrected chi connectivity index (χ0v) is 26.8. The molecular formula is C32H37N5O6S2. The van der Waals surface area contributed by atoms with E-state index in [1.54, 1.807) is 57.0 Å². The smallest absolute Gasteiger partial charge is 0.411 e. The van der Waals surface area contributed by atoms with E-state index in [-0.39, 0.29) is 18.4 Å². The number of anilines is 2. The molecule has 3 fully saturated rings. The fraction of sp³-hybridized carbons (Fsp3) is 0.438. The average molecular weight is 652 g/mol. The van der Waals surface area contributed by atoms with Crippen molar-refractivity contribution in [3.8, 4) is 0 Å². The number of thioether (sulfide) groups is 1. The van der Waals surface area contributed by atoms with Crippen molar-refractivity contribution in [2.75, 3.05) is 56.7 Å². The van der Waals surface area contributed by atoms with Gasteiger partial charge in [0.15, 0.2) is 5.13 Å². The van der Waals surface area contributed by atoms with Crippen molar-refractivity contribution in [2.45, 2.75) is 37.3 Å². The molecular weight excluding hydrogens is 615 g/mol. The van der Waals surface area contributed by atoms with Crippen LogP contribution in [0.25, 0.3) is 0 Å². The quantitative estimate of drug-likeness (QED) is 0.341. The summed E-state index contributed by atoms with van der Waals surface area (Å²) in [6.07, 6.45) is 2.33. The lowest BCUT2D eigenvalue weighted by molar-refractivity contribution is -0.123. The second kappa shape index (κ2) is 14.3. The van der Waals surface area contributed by atoms with Gasteiger partial charge in [-0.3, -0.25) is 24.4 Å². The topological polar surface area (TPSA) is 105 Å². The molecule has 0 aliphatic carbocycles. The van der Waals surface area contributed by atoms with Crippen LogP contribution in [-0.2, 0) is 25.6 Å². The number of thiazole rings is 1. The SMILES string of the molecule is CCN(C(=O)c1ccc(N(C(=O)C2CSC3(CCOCC3)N2C(=O)OCc2ccccc2)c2nccs2)cc1)N1CCOCC1. The first-order valence-corrected chi connectivity index (χ1v) is 17.1. The molecule has 4 heterocycles. The lowest BCUT2D eigenvalue weighted by Crippen LogP contribution is -2.56. The van der Waals surface area contributed by atoms with E-state index in [9.17, 15) is 14.4 Å². The summed E-state index contributed by atoms with van der Waals surface area (Å²) in [5.41, 5.74) is 1.95. The molecule has 45 heavy (non-hydrogen) atoms. The summed E-state index contributed by atoms with van der Waals surface area (Å²) < 4.78 is 16.9. The van der Waals surface area contributed by atoms with Crippen molar-refractivity contribution < 1.29 is 28.6 Å². The maximum Gasteiger partial charge on any atom is 0.411 e. The molecule has 6 rings (SSSR count). The first-order chi connectivity index (χ1) is 22.0. The Bertz CT molecular complexity index is 1450. The molecule has 3 aromatic rings. The van der Waals surface area contributed by atoms with Crippen molar-refractivity contribution >= 4 is 51.8 Å². The second-order valence-electron chi connectivity index (χ2n) is 10.9. The van der Waals surface area contributed by atoms with E-state index in [0.717, 1.165) is 5.56 Å². The van der Waals surface area contributed by atoms with Crippen LogP contribution in [-0.4, -0.2) is 101 Å². The molecule has 2 aromatic carbocycles. The number of aromatic nitrogens is 1. The highest BCUT2D eigenvalue weighted by molar-refractivity contribution is 8.01. The number of hydrazine groups is 1. The number of carbonyl (C=O) groups excluding carboxylic acids is 3. The van der Waals surface area contributed by atoms with Gasteiger partial charge in [0.25, 0.3) is 11.8 Å². The average Bonchev–Trinajstić information content (AvgIpc) is 3.74. The van der Waals surface area contributed by atoms with Crippen LogP contribution in [0.1, 0.15) is 35.7 Å². The van der Waals surface area contributed by atoms with Crippen molar-refractivity contribution in [3.05, 3.63) is 77.3 Å². The fourth-order valence-electron chi connectivity index (χ4n) is 5.98. The Balaban J connectivity index is 1.26. The Labute approximate surface area is 271 Å². The minimum Gasteiger partial charge on any atom is -0.444 e. The zero-order chi connectivity index (χ0) is 31.2. The lowest BCUT2D eigenvalue weighted by Gasteiger charge is -2.41. The highest BCUT2D eigenvalue weighted by atomic mass is 32.2. The fourth-order valence-corrected chi connectivity index (χ4v) is 8.20. The number of rotatable bonds is 8. The number of ether oxygens (including phenoxy) is 3. The summed E-state index contributed by atoms with van der Waals surface area (Å²) in [6.45, 7) is 6.07. The highest BCUT2D eigenvalue weighted by Gasteiger charge is 2.54. The van der Waals surface area contributed by atoms with Crippen LogP contribution in [0.15, 0.2) is 66.2 Å². The zero-order valence-electron chi connectivity index (χ0n) is 25.2. The van der Waals surface area contributed by atoms with Crippen LogP contribution in [0, 0.1) is 0 Å². The number of benzene rings is 2. The van der Waals surface area contributed by atoms with Crippen molar-refractivity contribution in [2.24, 2.45) is 0 Å². The molecule has 3 aliphatic rings. The largest absolute Gasteiger partial charge is 0.444 e. The van der Waals surface area contributed by atoms with Crippen molar-refractivity contribution in [1.82, 2.24) is 19.9 Å². The van der Waals surface area contributed by atoms with Crippen LogP contribution in [0.2, 0.25) is 0 Å². The molecule has 1 spiro atoms. The Kier molecular flexibility index (Phi) is 10.0. The van der Waals surface area contributed by atoms with Crippen LogP contribution in [0.5, 0.6) is 0 Å². The maximum absolute atomic E-state index is 14.5. The predicted octanol–water partition coefficient (Wildman–Crippen LogP) is 4.78. The van der Waals surface area contributed by atoms with Gasteiger partial charge < -0.3 is 14.2 Å². The van der Waals surface area contributed by atoms with Gasteiger partial charge in [-0.05, 0) is 36.8 Å². The van der Waals surface area contributed by atoms with Gasteiger partial charge in [-0.2, -0.15) is 0 Å². The van der Waals surface area contributed by atoms with Crippen LogP contribution in [0.3, 0.4) is 0 Å². The third-order valence-electron chi connectivity index (χ3n) is 8.29. The van der Waals surface area contributed by atoms with Crippen LogP contribution >= 0.6 is 23.1 Å². The van der Waals surface area contributed by atoms with Crippen molar-refractivity contribution in [1.29, 1.82) is 0 Å². The standard InChI is InChI=1S/C32H37N5O6S2/c1-2-35(34-15-19-42-20-16-34)28(38)25-8-10-26(11-9-25)36(30-33-14-21-44-30)29(39)27-23-45-32(12-17-41-18-13-32)37(27)31(40)43-22-24-6-4-3-5-7-24/h3-11,14,21,27H,2,12-13,15-20,22-23H2,1H3. The summed E-state index contributed by atoms with van der Waals surface area (Å²) in [7, 11) is 0. The molecule has 0 N–H and O–H groups in total. The molecule has 13 heteroatoms. The van der Waals surface area contributed by atoms with Gasteiger partial charge >= 0.3 is 6.09 Å². The van der Waals surface area contributed by atoms with E-state index < -0.39 is 17.0 Å². The Morgan fingerprint density at radius 2 is 1.71 bits per heavy atom. The van der Waals surface area contributed by atoms with Crippen molar-refractivity contribution in [3.63, 3.8) is 0 Å². The number of amides is 3. The third kappa shape index (κ3) is 6.73. The number of hydrogen-bond donors (Lipinski definition) is 0. The van der Waals surface area contributed by atoms with Gasteiger partial charge in [-0.25, -0.2) is 14.8 Å². The summed E-state index contributed by atoms with van der Waals surface area (Å²) in [5, 5.41) is 6.05. The Hall–Kier alpha value is -3.49. The van der Waals surface area contributed by atoms with Gasteiger partial charge in [0.1, 0.15) is 12.6 Å². The van der Waals surface area contributed by atoms with E-state index in [4.69, 9.17) is 14.2 Å². The van der Waals surface area contributed by atoms with E-state index in [2.05, 4.69) is 4.98 Å². The molecule has 0 saturated carbocycles. The molecule has 1 atom stereocenters. The first kappa shape index (κ1) is 31.5. The first-order valence-electron chi connectivity index (χ1n) is 15.2. The number of nitrogens with zero attached hydrogens (tertiary/aromatic N) is 5. The normalized spacial score (nSPS) is 19.8. The second-order valence-corrected chi connectivity index (χ2v) is 13.2. The van der Waals surface area contributed by atoms with E-state index in [0.29, 0.717) is 81.0 Å². The summed E-state index contributed by atoms with van der Waals surface area (Å²) >= 11 is 2.95. The molecule has 1 aromatic heterocycles. The van der Waals surface area contributed by atoms with Gasteiger partial charge in [-0.15, -0.1) is 23.1 Å². The van der Waals surface area contributed by atoms with E-state index >= 15 is 0 Å². The molecule has 11 nitrogen and oxygen atoms in total. The summed E-state index contributed by atoms with van der Waals surface area (Å²) in [6, 6.07) is 15.7. The summed E-state index contributed by atoms with van der Waals surface area (Å²) in [4.78, 5) is 48.9. The van der Waals surface area contributed by atoms with Gasteiger partial charge in [-0.1, -0.05) is 30.3 Å². The Morgan fingerprint density at radius 1 is 1.00 bits per heavy atom. The summed E-state index contributed by atoms with van der Waals surface area (Å²) in [5.74, 6) is 0.0297. The third-order valence-corrected chi connectivity index (χ3v) is 10.7. The molecule has 3 saturated heterocycles. The van der Waals surface area contributed by atoms with Gasteiger partial charge in [0, 0.05) is 68.6 Å². The monoisotopic (exact) mass is 651 g/mol. The highest BCUT2D eigenvalue weighted by Crippen LogP contribution is 2.47. The van der Waals surface area contributed by atoms with Crippen LogP contribution in [0.4, 0.5) is 15.6 Å². The predicted molar refractivity (Wildman–Crippen MR) is 172 cm³/mol. The van der Waals surface area contributed by atoms with Gasteiger partial charge in [0.2, 0.25) is 0 Å². The molecule has 0 bridgehead atoms. The Morgan fingerprint density at radius 3 is 2.38 bits per heavy atom. The van der Waals surface area contributed by atoms with Crippen LogP contribution < -0.4 is 4.90 Å². The lowest BCUT2D eigenvalue weighted by atomic mass is 10.0. The minimum absolute atomic E-state index is 0.110. The van der Waals surface area contributed by atoms with E-state index in [1.807, 2.05) is 47.6 Å². The molecule has 3 amide bonds. The molecule has 0 radical (unpaired) electrons. The molecule has 238 valence electrons. The number of morpholine rings is 1. The van der Waals surface area contributed by atoms with Gasteiger partial charge in [0.05, 0.1) is 23.8 Å². The molecule has 1 unspecified atom stereocenters.